The maximum atomic E-state index is 12.8. The molecule has 6 heteroatoms. The molecule has 4 rings (SSSR count). The molecule has 0 radical (unpaired) electrons. The molecule has 0 saturated carbocycles. The maximum Gasteiger partial charge on any atom is 0.322 e. The summed E-state index contributed by atoms with van der Waals surface area (Å²) in [6.45, 7) is 2.89. The average Bonchev–Trinajstić information content (AvgIpc) is 2.78. The number of nitrogens with one attached hydrogen (secondary N) is 1. The zero-order valence-corrected chi connectivity index (χ0v) is 16.4. The van der Waals surface area contributed by atoms with Crippen LogP contribution in [0.1, 0.15) is 36.5 Å². The minimum absolute atomic E-state index is 0.0371. The number of rotatable bonds is 1. The van der Waals surface area contributed by atoms with Crippen molar-refractivity contribution < 1.29 is 9.59 Å². The number of likely N-dealkylation sites (tertiary alicyclic amines) is 1. The number of carbonyl (C=O) groups excluding carboxylic acids is 2. The summed E-state index contributed by atoms with van der Waals surface area (Å²) in [6, 6.07) is 13.6. The third-order valence-corrected chi connectivity index (χ3v) is 6.42. The van der Waals surface area contributed by atoms with Gasteiger partial charge in [-0.1, -0.05) is 23.9 Å². The largest absolute Gasteiger partial charge is 0.322 e. The van der Waals surface area contributed by atoms with Gasteiger partial charge in [-0.2, -0.15) is 0 Å². The topological polar surface area (TPSA) is 52.7 Å². The Kier molecular flexibility index (Phi) is 4.83. The third-order valence-electron chi connectivity index (χ3n) is 5.28. The smallest absolute Gasteiger partial charge is 0.322 e. The van der Waals surface area contributed by atoms with Crippen LogP contribution in [-0.2, 0) is 0 Å². The van der Waals surface area contributed by atoms with E-state index in [1.807, 2.05) is 47.4 Å². The van der Waals surface area contributed by atoms with Crippen LogP contribution in [0.25, 0.3) is 0 Å². The van der Waals surface area contributed by atoms with E-state index in [2.05, 4.69) is 12.2 Å². The summed E-state index contributed by atoms with van der Waals surface area (Å²) in [4.78, 5) is 31.0. The summed E-state index contributed by atoms with van der Waals surface area (Å²) >= 11 is 1.58. The van der Waals surface area contributed by atoms with Crippen LogP contribution < -0.4 is 10.2 Å². The lowest BCUT2D eigenvalue weighted by Crippen LogP contribution is -2.44. The average molecular weight is 382 g/mol. The Morgan fingerprint density at radius 2 is 1.96 bits per heavy atom. The van der Waals surface area contributed by atoms with E-state index in [1.165, 1.54) is 6.42 Å². The quantitative estimate of drug-likeness (QED) is 0.769. The van der Waals surface area contributed by atoms with E-state index < -0.39 is 0 Å². The molecule has 1 N–H and O–H groups in total. The molecule has 27 heavy (non-hydrogen) atoms. The highest BCUT2D eigenvalue weighted by atomic mass is 32.2. The molecule has 1 fully saturated rings. The molecule has 2 aliphatic rings. The van der Waals surface area contributed by atoms with Gasteiger partial charge in [0.2, 0.25) is 0 Å². The van der Waals surface area contributed by atoms with E-state index in [-0.39, 0.29) is 18.0 Å². The van der Waals surface area contributed by atoms with Gasteiger partial charge in [0.25, 0.3) is 5.91 Å². The molecule has 0 aliphatic carbocycles. The van der Waals surface area contributed by atoms with Crippen molar-refractivity contribution in [2.75, 3.05) is 23.8 Å². The molecule has 3 amide bonds. The van der Waals surface area contributed by atoms with E-state index >= 15 is 0 Å². The highest BCUT2D eigenvalue weighted by Crippen LogP contribution is 2.41. The van der Waals surface area contributed by atoms with Crippen molar-refractivity contribution in [3.8, 4) is 0 Å². The van der Waals surface area contributed by atoms with Gasteiger partial charge in [-0.25, -0.2) is 4.79 Å². The first kappa shape index (κ1) is 17.9. The molecule has 2 heterocycles. The number of hydrogen-bond donors (Lipinski definition) is 1. The van der Waals surface area contributed by atoms with Crippen molar-refractivity contribution in [1.29, 1.82) is 0 Å². The minimum atomic E-state index is -0.0688. The fourth-order valence-electron chi connectivity index (χ4n) is 3.68. The molecular weight excluding hydrogens is 358 g/mol. The number of benzene rings is 2. The normalized spacial score (nSPS) is 19.2. The molecule has 140 valence electrons. The summed E-state index contributed by atoms with van der Waals surface area (Å²) in [7, 11) is 1.78. The summed E-state index contributed by atoms with van der Waals surface area (Å²) in [6.07, 6.45) is 3.27. The molecule has 0 bridgehead atoms. The van der Waals surface area contributed by atoms with Gasteiger partial charge in [0.05, 0.1) is 11.3 Å². The van der Waals surface area contributed by atoms with Crippen molar-refractivity contribution in [1.82, 2.24) is 4.90 Å². The van der Waals surface area contributed by atoms with Gasteiger partial charge in [-0.3, -0.25) is 4.79 Å². The maximum absolute atomic E-state index is 12.8. The molecule has 2 aliphatic heterocycles. The second kappa shape index (κ2) is 7.27. The number of nitrogens with zero attached hydrogens (tertiary/aromatic N) is 2. The Hall–Kier alpha value is -2.47. The van der Waals surface area contributed by atoms with Crippen LogP contribution in [0.2, 0.25) is 0 Å². The van der Waals surface area contributed by atoms with Gasteiger partial charge in [-0.15, -0.1) is 0 Å². The molecule has 0 aromatic heterocycles. The van der Waals surface area contributed by atoms with Crippen LogP contribution in [0.5, 0.6) is 0 Å². The predicted molar refractivity (Wildman–Crippen MR) is 109 cm³/mol. The highest BCUT2D eigenvalue weighted by Gasteiger charge is 2.26. The Balaban J connectivity index is 1.60. The Bertz CT molecular complexity index is 899. The van der Waals surface area contributed by atoms with Crippen LogP contribution in [0, 0.1) is 0 Å². The molecule has 1 saturated heterocycles. The summed E-state index contributed by atoms with van der Waals surface area (Å²) in [5.41, 5.74) is 2.22. The molecule has 2 aromatic carbocycles. The van der Waals surface area contributed by atoms with Gasteiger partial charge in [-0.05, 0) is 56.5 Å². The highest BCUT2D eigenvalue weighted by molar-refractivity contribution is 7.99. The Labute approximate surface area is 163 Å². The summed E-state index contributed by atoms with van der Waals surface area (Å²) in [5, 5.41) is 3.01. The molecule has 5 nitrogen and oxygen atoms in total. The van der Waals surface area contributed by atoms with Crippen LogP contribution in [0.3, 0.4) is 0 Å². The number of anilines is 2. The minimum Gasteiger partial charge on any atom is -0.322 e. The van der Waals surface area contributed by atoms with Crippen molar-refractivity contribution >= 4 is 35.1 Å². The van der Waals surface area contributed by atoms with Gasteiger partial charge >= 0.3 is 6.03 Å². The van der Waals surface area contributed by atoms with Crippen LogP contribution in [0.15, 0.2) is 52.3 Å². The van der Waals surface area contributed by atoms with Crippen molar-refractivity contribution in [2.45, 2.75) is 42.0 Å². The van der Waals surface area contributed by atoms with E-state index in [1.54, 1.807) is 23.7 Å². The van der Waals surface area contributed by atoms with Crippen molar-refractivity contribution in [3.05, 3.63) is 48.0 Å². The van der Waals surface area contributed by atoms with Gasteiger partial charge in [0.1, 0.15) is 0 Å². The lowest BCUT2D eigenvalue weighted by atomic mass is 10.0. The Morgan fingerprint density at radius 3 is 2.78 bits per heavy atom. The second-order valence-corrected chi connectivity index (χ2v) is 8.20. The summed E-state index contributed by atoms with van der Waals surface area (Å²) in [5.74, 6) is -0.0371. The lowest BCUT2D eigenvalue weighted by molar-refractivity contribution is 0.0990. The van der Waals surface area contributed by atoms with Crippen LogP contribution in [-0.4, -0.2) is 36.5 Å². The number of piperidine rings is 1. The van der Waals surface area contributed by atoms with E-state index in [0.717, 1.165) is 34.9 Å². The monoisotopic (exact) mass is 381 g/mol. The lowest BCUT2D eigenvalue weighted by Gasteiger charge is -2.33. The first-order chi connectivity index (χ1) is 13.0. The fraction of sp³-hybridized carbons (Fsp3) is 0.333. The van der Waals surface area contributed by atoms with Gasteiger partial charge in [0.15, 0.2) is 0 Å². The first-order valence-electron chi connectivity index (χ1n) is 9.31. The third kappa shape index (κ3) is 3.41. The van der Waals surface area contributed by atoms with Crippen molar-refractivity contribution in [2.24, 2.45) is 0 Å². The number of hydrogen-bond acceptors (Lipinski definition) is 3. The first-order valence-corrected chi connectivity index (χ1v) is 10.1. The SMILES string of the molecule is C[C@@H]1CCCCN1C(=O)Nc1ccc2c(c1)N(C)C(=O)c1ccccc1S2. The molecular formula is C21H23N3O2S. The van der Waals surface area contributed by atoms with Crippen LogP contribution in [0.4, 0.5) is 16.2 Å². The van der Waals surface area contributed by atoms with Gasteiger partial charge < -0.3 is 15.1 Å². The number of fused-ring (bicyclic) bond motifs is 2. The zero-order chi connectivity index (χ0) is 19.0. The van der Waals surface area contributed by atoms with Crippen molar-refractivity contribution in [3.63, 3.8) is 0 Å². The number of urea groups is 1. The predicted octanol–water partition coefficient (Wildman–Crippen LogP) is 4.83. The number of carbonyl (C=O) groups is 2. The second-order valence-electron chi connectivity index (χ2n) is 7.11. The fourth-order valence-corrected chi connectivity index (χ4v) is 4.76. The van der Waals surface area contributed by atoms with E-state index in [9.17, 15) is 9.59 Å². The molecule has 1 atom stereocenters. The standard InChI is InChI=1S/C21H23N3O2S/c1-14-7-5-6-12-24(14)21(26)22-15-10-11-19-17(13-15)23(2)20(25)16-8-3-4-9-18(16)27-19/h3-4,8-11,13-14H,5-7,12H2,1-2H3,(H,22,26)/t14-/m1/s1. The zero-order valence-electron chi connectivity index (χ0n) is 15.6. The molecule has 0 spiro atoms. The Morgan fingerprint density at radius 1 is 1.15 bits per heavy atom. The van der Waals surface area contributed by atoms with E-state index in [4.69, 9.17) is 0 Å². The molecule has 0 unspecified atom stereocenters. The van der Waals surface area contributed by atoms with Gasteiger partial charge in [0, 0.05) is 35.1 Å². The van der Waals surface area contributed by atoms with Crippen LogP contribution >= 0.6 is 11.8 Å². The molecule has 2 aromatic rings. The number of amides is 3. The van der Waals surface area contributed by atoms with E-state index in [0.29, 0.717) is 11.3 Å². The summed E-state index contributed by atoms with van der Waals surface area (Å²) < 4.78 is 0.